The molecule has 196 valence electrons. The average Bonchev–Trinajstić information content (AvgIpc) is 2.85. The van der Waals surface area contributed by atoms with Gasteiger partial charge in [0.2, 0.25) is 5.43 Å². The van der Waals surface area contributed by atoms with Crippen molar-refractivity contribution in [3.63, 3.8) is 0 Å². The zero-order chi connectivity index (χ0) is 26.7. The number of hydrogen-bond acceptors (Lipinski definition) is 6. The molecule has 0 bridgehead atoms. The summed E-state index contributed by atoms with van der Waals surface area (Å²) in [6, 6.07) is 11.0. The van der Waals surface area contributed by atoms with Crippen LogP contribution < -0.4 is 14.9 Å². The fourth-order valence-corrected chi connectivity index (χ4v) is 4.68. The lowest BCUT2D eigenvalue weighted by Gasteiger charge is -2.39. The lowest BCUT2D eigenvalue weighted by Crippen LogP contribution is -2.34. The number of pyridine rings is 2. The molecule has 1 atom stereocenters. The number of nitrogens with zero attached hydrogens (tertiary/aromatic N) is 2. The first-order valence-electron chi connectivity index (χ1n) is 12.1. The highest BCUT2D eigenvalue weighted by Crippen LogP contribution is 2.46. The predicted octanol–water partition coefficient (Wildman–Crippen LogP) is 5.40. The van der Waals surface area contributed by atoms with Crippen LogP contribution in [0.2, 0.25) is 5.15 Å². The zero-order valence-corrected chi connectivity index (χ0v) is 22.2. The van der Waals surface area contributed by atoms with Crippen molar-refractivity contribution in [3.05, 3.63) is 74.7 Å². The first-order valence-corrected chi connectivity index (χ1v) is 12.5. The van der Waals surface area contributed by atoms with Gasteiger partial charge in [-0.25, -0.2) is 9.78 Å². The van der Waals surface area contributed by atoms with Crippen LogP contribution in [-0.4, -0.2) is 41.0 Å². The Balaban J connectivity index is 1.89. The average molecular weight is 527 g/mol. The summed E-state index contributed by atoms with van der Waals surface area (Å²) in [5.41, 5.74) is 1.25. The molecule has 3 heterocycles. The molecule has 0 spiro atoms. The Hall–Kier alpha value is -3.36. The number of carboxylic acids is 1. The van der Waals surface area contributed by atoms with Gasteiger partial charge >= 0.3 is 5.97 Å². The maximum absolute atomic E-state index is 13.4. The maximum Gasteiger partial charge on any atom is 0.341 e. The van der Waals surface area contributed by atoms with Gasteiger partial charge in [-0.2, -0.15) is 0 Å². The minimum absolute atomic E-state index is 0.0590. The summed E-state index contributed by atoms with van der Waals surface area (Å²) in [6.45, 7) is 7.28. The van der Waals surface area contributed by atoms with E-state index in [1.54, 1.807) is 7.11 Å². The molecule has 1 N–H and O–H groups in total. The van der Waals surface area contributed by atoms with Crippen LogP contribution in [0.15, 0.2) is 47.4 Å². The Labute approximate surface area is 220 Å². The normalized spacial score (nSPS) is 14.6. The van der Waals surface area contributed by atoms with Gasteiger partial charge in [0.1, 0.15) is 17.9 Å². The Kier molecular flexibility index (Phi) is 7.90. The molecule has 2 aromatic heterocycles. The number of rotatable bonds is 9. The van der Waals surface area contributed by atoms with E-state index in [0.717, 1.165) is 11.1 Å². The molecule has 37 heavy (non-hydrogen) atoms. The van der Waals surface area contributed by atoms with Crippen LogP contribution in [0.5, 0.6) is 11.5 Å². The van der Waals surface area contributed by atoms with E-state index in [0.29, 0.717) is 43.2 Å². The van der Waals surface area contributed by atoms with E-state index < -0.39 is 11.4 Å². The van der Waals surface area contributed by atoms with Crippen LogP contribution in [0.4, 0.5) is 0 Å². The maximum atomic E-state index is 13.4. The van der Waals surface area contributed by atoms with E-state index in [-0.39, 0.29) is 34.5 Å². The fourth-order valence-electron chi connectivity index (χ4n) is 4.49. The summed E-state index contributed by atoms with van der Waals surface area (Å²) < 4.78 is 18.8. The molecule has 1 aliphatic rings. The Morgan fingerprint density at radius 1 is 1.19 bits per heavy atom. The number of ether oxygens (including phenoxy) is 3. The number of halogens is 1. The third kappa shape index (κ3) is 5.65. The second-order valence-electron chi connectivity index (χ2n) is 10.1. The lowest BCUT2D eigenvalue weighted by atomic mass is 9.79. The number of aromatic carboxylic acids is 1. The van der Waals surface area contributed by atoms with E-state index in [1.165, 1.54) is 6.20 Å². The van der Waals surface area contributed by atoms with Crippen LogP contribution in [0, 0.1) is 5.41 Å². The number of fused-ring (bicyclic) bond motifs is 3. The van der Waals surface area contributed by atoms with E-state index in [1.807, 2.05) is 41.0 Å². The number of hydrogen-bond donors (Lipinski definition) is 1. The van der Waals surface area contributed by atoms with Gasteiger partial charge in [0.25, 0.3) is 0 Å². The highest BCUT2D eigenvalue weighted by Gasteiger charge is 2.37. The lowest BCUT2D eigenvalue weighted by molar-refractivity contribution is 0.0692. The molecule has 0 fully saturated rings. The molecular formula is C28H31ClN2O6. The second-order valence-corrected chi connectivity index (χ2v) is 10.5. The van der Waals surface area contributed by atoms with Gasteiger partial charge in [-0.3, -0.25) is 4.79 Å². The Morgan fingerprint density at radius 2 is 1.92 bits per heavy atom. The molecule has 1 aromatic carbocycles. The molecule has 0 amide bonds. The van der Waals surface area contributed by atoms with Gasteiger partial charge in [0, 0.05) is 32.4 Å². The minimum Gasteiger partial charge on any atom is -0.490 e. The molecule has 8 nitrogen and oxygen atoms in total. The molecule has 0 saturated carbocycles. The van der Waals surface area contributed by atoms with Crippen LogP contribution in [-0.2, 0) is 17.8 Å². The third-order valence-electron chi connectivity index (χ3n) is 6.39. The Morgan fingerprint density at radius 3 is 2.57 bits per heavy atom. The van der Waals surface area contributed by atoms with Gasteiger partial charge in [-0.05, 0) is 29.0 Å². The highest BCUT2D eigenvalue weighted by molar-refractivity contribution is 6.31. The van der Waals surface area contributed by atoms with Crippen molar-refractivity contribution in [3.8, 4) is 22.9 Å². The predicted molar refractivity (Wildman–Crippen MR) is 141 cm³/mol. The summed E-state index contributed by atoms with van der Waals surface area (Å²) in [6.07, 6.45) is 2.64. The summed E-state index contributed by atoms with van der Waals surface area (Å²) in [7, 11) is 1.63. The highest BCUT2D eigenvalue weighted by atomic mass is 35.5. The van der Waals surface area contributed by atoms with Crippen molar-refractivity contribution in [2.45, 2.75) is 46.3 Å². The number of carbonyl (C=O) groups is 1. The van der Waals surface area contributed by atoms with E-state index >= 15 is 0 Å². The standard InChI is InChI=1S/C28H31ClN2O6/c1-28(2,3)21-14-18-13-20(36-12-8-11-35-4)26(29)30-22(18)23-25(37-16-17-9-6-5-7-10-17)24(32)19(27(33)34)15-31(21)23/h5-7,9-10,13,15,21H,8,11-12,14,16H2,1-4H3,(H,33,34). The third-order valence-corrected chi connectivity index (χ3v) is 6.67. The molecular weight excluding hydrogens is 496 g/mol. The van der Waals surface area contributed by atoms with Crippen molar-refractivity contribution < 1.29 is 24.1 Å². The molecule has 3 aromatic rings. The molecule has 1 unspecified atom stereocenters. The molecule has 4 rings (SSSR count). The van der Waals surface area contributed by atoms with Crippen molar-refractivity contribution in [2.75, 3.05) is 20.3 Å². The summed E-state index contributed by atoms with van der Waals surface area (Å²) in [5, 5.41) is 9.98. The molecule has 0 radical (unpaired) electrons. The van der Waals surface area contributed by atoms with Crippen LogP contribution in [0.1, 0.15) is 54.7 Å². The zero-order valence-electron chi connectivity index (χ0n) is 21.4. The SMILES string of the molecule is COCCCOc1cc2c(nc1Cl)-c1c(OCc3ccccc3)c(=O)c(C(=O)O)cn1C(C(C)(C)C)C2. The van der Waals surface area contributed by atoms with E-state index in [2.05, 4.69) is 25.8 Å². The monoisotopic (exact) mass is 526 g/mol. The second kappa shape index (κ2) is 10.9. The summed E-state index contributed by atoms with van der Waals surface area (Å²) >= 11 is 6.52. The topological polar surface area (TPSA) is 99.9 Å². The number of carboxylic acid groups (broad SMARTS) is 1. The van der Waals surface area contributed by atoms with Crippen molar-refractivity contribution >= 4 is 17.6 Å². The van der Waals surface area contributed by atoms with Crippen molar-refractivity contribution in [1.82, 2.24) is 9.55 Å². The largest absolute Gasteiger partial charge is 0.490 e. The quantitative estimate of drug-likeness (QED) is 0.294. The van der Waals surface area contributed by atoms with Crippen LogP contribution in [0.3, 0.4) is 0 Å². The Bertz CT molecular complexity index is 1350. The molecule has 0 saturated heterocycles. The summed E-state index contributed by atoms with van der Waals surface area (Å²) in [4.78, 5) is 30.1. The molecule has 9 heteroatoms. The fraction of sp³-hybridized carbons (Fsp3) is 0.393. The smallest absolute Gasteiger partial charge is 0.341 e. The number of benzene rings is 1. The van der Waals surface area contributed by atoms with Gasteiger partial charge in [0.15, 0.2) is 16.7 Å². The number of methoxy groups -OCH3 is 1. The molecule has 1 aliphatic heterocycles. The van der Waals surface area contributed by atoms with Crippen LogP contribution in [0.25, 0.3) is 11.4 Å². The van der Waals surface area contributed by atoms with Gasteiger partial charge in [-0.1, -0.05) is 62.7 Å². The summed E-state index contributed by atoms with van der Waals surface area (Å²) in [5.74, 6) is -0.917. The van der Waals surface area contributed by atoms with Gasteiger partial charge < -0.3 is 23.9 Å². The van der Waals surface area contributed by atoms with Gasteiger partial charge in [-0.15, -0.1) is 0 Å². The van der Waals surface area contributed by atoms with Crippen molar-refractivity contribution in [2.24, 2.45) is 5.41 Å². The van der Waals surface area contributed by atoms with E-state index in [9.17, 15) is 14.7 Å². The molecule has 0 aliphatic carbocycles. The van der Waals surface area contributed by atoms with E-state index in [4.69, 9.17) is 25.8 Å². The van der Waals surface area contributed by atoms with Crippen LogP contribution >= 0.6 is 11.6 Å². The first kappa shape index (κ1) is 26.7. The first-order chi connectivity index (χ1) is 17.6. The van der Waals surface area contributed by atoms with Gasteiger partial charge in [0.05, 0.1) is 12.3 Å². The number of aromatic nitrogens is 2. The minimum atomic E-state index is -1.31. The van der Waals surface area contributed by atoms with Crippen molar-refractivity contribution in [1.29, 1.82) is 0 Å².